The van der Waals surface area contributed by atoms with Gasteiger partial charge in [-0.25, -0.2) is 4.98 Å². The first kappa shape index (κ1) is 19.4. The number of nitrogens with one attached hydrogen (secondary N) is 1. The van der Waals surface area contributed by atoms with Gasteiger partial charge >= 0.3 is 0 Å². The highest BCUT2D eigenvalue weighted by Gasteiger charge is 2.26. The second-order valence-corrected chi connectivity index (χ2v) is 8.74. The zero-order valence-electron chi connectivity index (χ0n) is 17.9. The van der Waals surface area contributed by atoms with Gasteiger partial charge in [0.2, 0.25) is 6.79 Å². The Kier molecular flexibility index (Phi) is 4.83. The highest BCUT2D eigenvalue weighted by molar-refractivity contribution is 6.07. The number of benzene rings is 2. The molecule has 1 N–H and O–H groups in total. The fraction of sp³-hybridized carbons (Fsp3) is 0.360. The van der Waals surface area contributed by atoms with E-state index < -0.39 is 0 Å². The summed E-state index contributed by atoms with van der Waals surface area (Å²) in [6, 6.07) is 16.4. The van der Waals surface area contributed by atoms with Crippen molar-refractivity contribution < 1.29 is 14.3 Å². The molecule has 0 radical (unpaired) electrons. The number of pyridine rings is 1. The number of rotatable bonds is 5. The predicted octanol–water partition coefficient (Wildman–Crippen LogP) is 3.18. The van der Waals surface area contributed by atoms with Crippen LogP contribution in [0.5, 0.6) is 11.5 Å². The quantitative estimate of drug-likeness (QED) is 0.671. The average molecular weight is 431 g/mol. The monoisotopic (exact) mass is 430 g/mol. The van der Waals surface area contributed by atoms with Gasteiger partial charge in [0, 0.05) is 44.2 Å². The molecule has 2 aliphatic heterocycles. The molecule has 2 aromatic carbocycles. The molecule has 2 fully saturated rings. The van der Waals surface area contributed by atoms with Crippen LogP contribution in [0.2, 0.25) is 0 Å². The SMILES string of the molecule is O=C(NC1CC1)c1cc(N2CCN(Cc3ccc4c(c3)OCO4)CC2)nc2ccccc12. The van der Waals surface area contributed by atoms with E-state index in [4.69, 9.17) is 14.5 Å². The van der Waals surface area contributed by atoms with Crippen molar-refractivity contribution in [2.45, 2.75) is 25.4 Å². The van der Waals surface area contributed by atoms with E-state index >= 15 is 0 Å². The van der Waals surface area contributed by atoms with Crippen molar-refractivity contribution in [2.75, 3.05) is 37.9 Å². The number of aromatic nitrogens is 1. The van der Waals surface area contributed by atoms with E-state index in [2.05, 4.69) is 27.2 Å². The molecule has 0 bridgehead atoms. The third-order valence-corrected chi connectivity index (χ3v) is 6.40. The van der Waals surface area contributed by atoms with Gasteiger partial charge in [-0.3, -0.25) is 9.69 Å². The summed E-state index contributed by atoms with van der Waals surface area (Å²) in [6.45, 7) is 4.81. The number of hydrogen-bond acceptors (Lipinski definition) is 6. The van der Waals surface area contributed by atoms with Crippen LogP contribution in [0.15, 0.2) is 48.5 Å². The number of hydrogen-bond donors (Lipinski definition) is 1. The Labute approximate surface area is 186 Å². The Balaban J connectivity index is 1.17. The molecule has 1 saturated heterocycles. The Morgan fingerprint density at radius 2 is 1.81 bits per heavy atom. The van der Waals surface area contributed by atoms with Crippen LogP contribution >= 0.6 is 0 Å². The second-order valence-electron chi connectivity index (χ2n) is 8.74. The first-order valence-electron chi connectivity index (χ1n) is 11.3. The van der Waals surface area contributed by atoms with E-state index in [9.17, 15) is 4.79 Å². The standard InChI is InChI=1S/C25H26N4O3/c30-25(26-18-6-7-18)20-14-24(27-21-4-2-1-3-19(20)21)29-11-9-28(10-12-29)15-17-5-8-22-23(13-17)32-16-31-22/h1-5,8,13-14,18H,6-7,9-12,15-16H2,(H,26,30). The molecule has 1 aliphatic carbocycles. The first-order chi connectivity index (χ1) is 15.7. The predicted molar refractivity (Wildman–Crippen MR) is 122 cm³/mol. The summed E-state index contributed by atoms with van der Waals surface area (Å²) in [7, 11) is 0. The summed E-state index contributed by atoms with van der Waals surface area (Å²) < 4.78 is 10.9. The molecule has 7 heteroatoms. The van der Waals surface area contributed by atoms with E-state index in [0.29, 0.717) is 12.8 Å². The molecule has 3 aromatic rings. The summed E-state index contributed by atoms with van der Waals surface area (Å²) in [5, 5.41) is 4.04. The van der Waals surface area contributed by atoms with Crippen molar-refractivity contribution in [1.29, 1.82) is 0 Å². The minimum atomic E-state index is 0.00814. The molecular weight excluding hydrogens is 404 g/mol. The topological polar surface area (TPSA) is 66.9 Å². The molecule has 3 heterocycles. The molecule has 1 saturated carbocycles. The average Bonchev–Trinajstić information content (AvgIpc) is 3.52. The van der Waals surface area contributed by atoms with Crippen molar-refractivity contribution in [3.8, 4) is 11.5 Å². The molecule has 0 unspecified atom stereocenters. The minimum absolute atomic E-state index is 0.00814. The van der Waals surface area contributed by atoms with Gasteiger partial charge < -0.3 is 19.7 Å². The van der Waals surface area contributed by atoms with Crippen molar-refractivity contribution >= 4 is 22.6 Å². The summed E-state index contributed by atoms with van der Waals surface area (Å²) in [6.07, 6.45) is 2.15. The molecule has 0 spiro atoms. The van der Waals surface area contributed by atoms with E-state index in [1.807, 2.05) is 36.4 Å². The van der Waals surface area contributed by atoms with Gasteiger partial charge in [0.25, 0.3) is 5.91 Å². The number of fused-ring (bicyclic) bond motifs is 2. The van der Waals surface area contributed by atoms with Crippen LogP contribution in [0.25, 0.3) is 10.9 Å². The van der Waals surface area contributed by atoms with Crippen LogP contribution in [0.3, 0.4) is 0 Å². The number of carbonyl (C=O) groups excluding carboxylic acids is 1. The molecule has 32 heavy (non-hydrogen) atoms. The van der Waals surface area contributed by atoms with E-state index in [0.717, 1.165) is 79.3 Å². The van der Waals surface area contributed by atoms with Crippen LogP contribution in [0.4, 0.5) is 5.82 Å². The Hall–Kier alpha value is -3.32. The zero-order chi connectivity index (χ0) is 21.5. The number of nitrogens with zero attached hydrogens (tertiary/aromatic N) is 3. The maximum Gasteiger partial charge on any atom is 0.252 e. The van der Waals surface area contributed by atoms with Crippen LogP contribution in [-0.2, 0) is 6.54 Å². The third-order valence-electron chi connectivity index (χ3n) is 6.40. The van der Waals surface area contributed by atoms with Gasteiger partial charge in [0.1, 0.15) is 5.82 Å². The number of ether oxygens (including phenoxy) is 2. The van der Waals surface area contributed by atoms with Crippen LogP contribution in [0, 0.1) is 0 Å². The zero-order valence-corrected chi connectivity index (χ0v) is 17.9. The molecule has 164 valence electrons. The van der Waals surface area contributed by atoms with Gasteiger partial charge in [-0.15, -0.1) is 0 Å². The summed E-state index contributed by atoms with van der Waals surface area (Å²) in [4.78, 5) is 22.5. The molecule has 1 aromatic heterocycles. The summed E-state index contributed by atoms with van der Waals surface area (Å²) in [5.41, 5.74) is 2.82. The first-order valence-corrected chi connectivity index (χ1v) is 11.3. The third kappa shape index (κ3) is 3.84. The largest absolute Gasteiger partial charge is 0.454 e. The molecule has 0 atom stereocenters. The Morgan fingerprint density at radius 3 is 2.66 bits per heavy atom. The summed E-state index contributed by atoms with van der Waals surface area (Å²) in [5.74, 6) is 2.54. The van der Waals surface area contributed by atoms with Crippen molar-refractivity contribution in [1.82, 2.24) is 15.2 Å². The lowest BCUT2D eigenvalue weighted by atomic mass is 10.1. The molecule has 1 amide bonds. The highest BCUT2D eigenvalue weighted by Crippen LogP contribution is 2.33. The second kappa shape index (κ2) is 7.98. The van der Waals surface area contributed by atoms with Gasteiger partial charge in [-0.1, -0.05) is 24.3 Å². The van der Waals surface area contributed by atoms with Crippen molar-refractivity contribution in [3.05, 3.63) is 59.7 Å². The lowest BCUT2D eigenvalue weighted by molar-refractivity contribution is 0.0952. The fourth-order valence-electron chi connectivity index (χ4n) is 4.43. The number of carbonyl (C=O) groups is 1. The van der Waals surface area contributed by atoms with E-state index in [-0.39, 0.29) is 5.91 Å². The Morgan fingerprint density at radius 1 is 1.00 bits per heavy atom. The van der Waals surface area contributed by atoms with Gasteiger partial charge in [0.05, 0.1) is 11.1 Å². The number of amides is 1. The van der Waals surface area contributed by atoms with Crippen molar-refractivity contribution in [2.24, 2.45) is 0 Å². The number of piperazine rings is 1. The van der Waals surface area contributed by atoms with Crippen molar-refractivity contribution in [3.63, 3.8) is 0 Å². The Bertz CT molecular complexity index is 1170. The van der Waals surface area contributed by atoms with Crippen LogP contribution < -0.4 is 19.7 Å². The van der Waals surface area contributed by atoms with Gasteiger partial charge in [0.15, 0.2) is 11.5 Å². The molecular formula is C25H26N4O3. The van der Waals surface area contributed by atoms with E-state index in [1.54, 1.807) is 0 Å². The lowest BCUT2D eigenvalue weighted by Gasteiger charge is -2.35. The molecule has 6 rings (SSSR count). The van der Waals surface area contributed by atoms with Crippen LogP contribution in [-0.4, -0.2) is 54.8 Å². The molecule has 7 nitrogen and oxygen atoms in total. The summed E-state index contributed by atoms with van der Waals surface area (Å²) >= 11 is 0. The van der Waals surface area contributed by atoms with Gasteiger partial charge in [-0.2, -0.15) is 0 Å². The normalized spacial score (nSPS) is 18.2. The number of anilines is 1. The number of para-hydroxylation sites is 1. The lowest BCUT2D eigenvalue weighted by Crippen LogP contribution is -2.46. The maximum atomic E-state index is 12.9. The molecule has 3 aliphatic rings. The maximum absolute atomic E-state index is 12.9. The van der Waals surface area contributed by atoms with Crippen LogP contribution in [0.1, 0.15) is 28.8 Å². The van der Waals surface area contributed by atoms with E-state index in [1.165, 1.54) is 5.56 Å². The smallest absolute Gasteiger partial charge is 0.252 e. The highest BCUT2D eigenvalue weighted by atomic mass is 16.7. The fourth-order valence-corrected chi connectivity index (χ4v) is 4.43. The minimum Gasteiger partial charge on any atom is -0.454 e. The van der Waals surface area contributed by atoms with Gasteiger partial charge in [-0.05, 0) is 42.7 Å².